The Hall–Kier alpha value is -1.46. The Morgan fingerprint density at radius 1 is 1.40 bits per heavy atom. The molecule has 0 saturated heterocycles. The third-order valence-electron chi connectivity index (χ3n) is 3.59. The number of rotatable bonds is 11. The summed E-state index contributed by atoms with van der Waals surface area (Å²) in [6, 6.07) is 0. The lowest BCUT2D eigenvalue weighted by Gasteiger charge is -2.32. The minimum atomic E-state index is -1.07. The molecule has 112 valence electrons. The number of nitrogens with two attached hydrogens (primary N) is 1. The lowest BCUT2D eigenvalue weighted by Crippen LogP contribution is -2.55. The molecular formula is C15H25N3O2. The highest BCUT2D eigenvalue weighted by atomic mass is 16.4. The average molecular weight is 279 g/mol. The zero-order chi connectivity index (χ0) is 14.8. The van der Waals surface area contributed by atoms with Gasteiger partial charge in [-0.3, -0.25) is 0 Å². The number of nitrogens with zero attached hydrogens (tertiary/aromatic N) is 2. The standard InChI is InChI=1S/C15H25N3O2/c1-2-3-4-5-6-7-8-14-17-10-12-18(14,11-9-16)13-15(19)20/h2,10,12H,1,3-9,11,13,16H2. The van der Waals surface area contributed by atoms with Gasteiger partial charge in [0.25, 0.3) is 0 Å². The maximum atomic E-state index is 11.0. The molecule has 0 fully saturated rings. The first-order valence-electron chi connectivity index (χ1n) is 7.27. The predicted octanol–water partition coefficient (Wildman–Crippen LogP) is 0.922. The number of carboxylic acid groups (broad SMARTS) is 1. The Morgan fingerprint density at radius 3 is 2.80 bits per heavy atom. The van der Waals surface area contributed by atoms with E-state index in [9.17, 15) is 9.90 Å². The third-order valence-corrected chi connectivity index (χ3v) is 3.59. The zero-order valence-electron chi connectivity index (χ0n) is 12.1. The molecule has 0 aliphatic carbocycles. The monoisotopic (exact) mass is 279 g/mol. The number of hydrogen-bond acceptors (Lipinski definition) is 4. The molecule has 1 unspecified atom stereocenters. The fourth-order valence-corrected chi connectivity index (χ4v) is 2.55. The van der Waals surface area contributed by atoms with E-state index in [-0.39, 0.29) is 11.0 Å². The first kappa shape index (κ1) is 16.6. The summed E-state index contributed by atoms with van der Waals surface area (Å²) in [6.45, 7) is 4.61. The quantitative estimate of drug-likeness (QED) is 0.347. The topological polar surface area (TPSA) is 78.5 Å². The molecule has 0 bridgehead atoms. The van der Waals surface area contributed by atoms with Crippen LogP contribution in [-0.4, -0.2) is 35.9 Å². The van der Waals surface area contributed by atoms with Crippen molar-refractivity contribution in [2.24, 2.45) is 10.7 Å². The van der Waals surface area contributed by atoms with E-state index in [1.807, 2.05) is 12.3 Å². The lowest BCUT2D eigenvalue weighted by atomic mass is 10.1. The maximum absolute atomic E-state index is 11.0. The van der Waals surface area contributed by atoms with Crippen LogP contribution in [0.5, 0.6) is 0 Å². The minimum absolute atomic E-state index is 0.0804. The average Bonchev–Trinajstić information content (AvgIpc) is 2.76. The van der Waals surface area contributed by atoms with Gasteiger partial charge in [0.05, 0.1) is 12.2 Å². The van der Waals surface area contributed by atoms with E-state index >= 15 is 0 Å². The Bertz CT molecular complexity index is 391. The summed E-state index contributed by atoms with van der Waals surface area (Å²) in [5, 5.41) is 11.0. The van der Waals surface area contributed by atoms with Crippen LogP contribution < -0.4 is 10.8 Å². The zero-order valence-corrected chi connectivity index (χ0v) is 12.1. The van der Waals surface area contributed by atoms with Gasteiger partial charge in [0.1, 0.15) is 19.3 Å². The molecule has 0 amide bonds. The Labute approximate surface area is 121 Å². The summed E-state index contributed by atoms with van der Waals surface area (Å²) in [5.41, 5.74) is 5.61. The van der Waals surface area contributed by atoms with Crippen molar-refractivity contribution in [2.45, 2.75) is 38.5 Å². The molecular weight excluding hydrogens is 254 g/mol. The maximum Gasteiger partial charge on any atom is 0.207 e. The summed E-state index contributed by atoms with van der Waals surface area (Å²) >= 11 is 0. The smallest absolute Gasteiger partial charge is 0.207 e. The van der Waals surface area contributed by atoms with Gasteiger partial charge in [-0.15, -0.1) is 6.58 Å². The normalized spacial score (nSPS) is 20.9. The second-order valence-electron chi connectivity index (χ2n) is 5.16. The Morgan fingerprint density at radius 2 is 2.15 bits per heavy atom. The van der Waals surface area contributed by atoms with Crippen LogP contribution >= 0.6 is 0 Å². The van der Waals surface area contributed by atoms with Gasteiger partial charge in [0, 0.05) is 13.0 Å². The Balaban J connectivity index is 2.46. The number of carboxylic acids is 1. The van der Waals surface area contributed by atoms with Gasteiger partial charge in [-0.05, 0) is 19.3 Å². The highest BCUT2D eigenvalue weighted by Crippen LogP contribution is 2.20. The van der Waals surface area contributed by atoms with Crippen molar-refractivity contribution in [2.75, 3.05) is 19.6 Å². The summed E-state index contributed by atoms with van der Waals surface area (Å²) in [6.07, 6.45) is 11.8. The van der Waals surface area contributed by atoms with Crippen molar-refractivity contribution in [3.05, 3.63) is 25.1 Å². The van der Waals surface area contributed by atoms with E-state index < -0.39 is 5.97 Å². The summed E-state index contributed by atoms with van der Waals surface area (Å²) in [7, 11) is 0. The highest BCUT2D eigenvalue weighted by molar-refractivity contribution is 5.80. The van der Waals surface area contributed by atoms with Crippen LogP contribution in [0, 0.1) is 0 Å². The molecule has 0 aromatic rings. The van der Waals surface area contributed by atoms with Gasteiger partial charge in [0.2, 0.25) is 5.84 Å². The third kappa shape index (κ3) is 4.90. The van der Waals surface area contributed by atoms with Crippen molar-refractivity contribution < 1.29 is 14.4 Å². The fourth-order valence-electron chi connectivity index (χ4n) is 2.55. The lowest BCUT2D eigenvalue weighted by molar-refractivity contribution is -0.780. The molecule has 2 N–H and O–H groups in total. The van der Waals surface area contributed by atoms with Gasteiger partial charge in [-0.2, -0.15) is 0 Å². The van der Waals surface area contributed by atoms with Gasteiger partial charge < -0.3 is 15.6 Å². The molecule has 1 heterocycles. The van der Waals surface area contributed by atoms with E-state index in [2.05, 4.69) is 11.6 Å². The Kier molecular flexibility index (Phi) is 7.18. The summed E-state index contributed by atoms with van der Waals surface area (Å²) in [4.78, 5) is 15.3. The molecule has 1 aliphatic heterocycles. The molecule has 1 aliphatic rings. The van der Waals surface area contributed by atoms with Crippen LogP contribution in [0.25, 0.3) is 0 Å². The van der Waals surface area contributed by atoms with Crippen LogP contribution in [0.4, 0.5) is 0 Å². The first-order chi connectivity index (χ1) is 9.64. The van der Waals surface area contributed by atoms with Crippen LogP contribution in [0.2, 0.25) is 0 Å². The van der Waals surface area contributed by atoms with E-state index in [0.29, 0.717) is 13.1 Å². The SMILES string of the molecule is C=CCCCCCCC1=NC=C[N+]1(CCN)CC(=O)[O-]. The van der Waals surface area contributed by atoms with Crippen molar-refractivity contribution in [1.29, 1.82) is 0 Å². The minimum Gasteiger partial charge on any atom is -0.544 e. The largest absolute Gasteiger partial charge is 0.544 e. The summed E-state index contributed by atoms with van der Waals surface area (Å²) < 4.78 is 0.228. The number of hydrogen-bond donors (Lipinski definition) is 1. The fraction of sp³-hybridized carbons (Fsp3) is 0.600. The number of carbonyl (C=O) groups is 1. The van der Waals surface area contributed by atoms with Crippen molar-refractivity contribution >= 4 is 11.8 Å². The van der Waals surface area contributed by atoms with Gasteiger partial charge in [-0.25, -0.2) is 9.48 Å². The van der Waals surface area contributed by atoms with Gasteiger partial charge in [0.15, 0.2) is 0 Å². The molecule has 0 aromatic heterocycles. The second kappa shape index (κ2) is 8.66. The molecule has 1 rings (SSSR count). The summed E-state index contributed by atoms with van der Waals surface area (Å²) in [5.74, 6) is -0.174. The molecule has 0 radical (unpaired) electrons. The second-order valence-corrected chi connectivity index (χ2v) is 5.16. The molecule has 5 nitrogen and oxygen atoms in total. The van der Waals surface area contributed by atoms with Crippen molar-refractivity contribution in [3.8, 4) is 0 Å². The van der Waals surface area contributed by atoms with Crippen LogP contribution in [-0.2, 0) is 4.79 Å². The molecule has 0 spiro atoms. The first-order valence-corrected chi connectivity index (χ1v) is 7.27. The molecule has 0 aromatic carbocycles. The highest BCUT2D eigenvalue weighted by Gasteiger charge is 2.34. The number of aliphatic carboxylic acids is 1. The van der Waals surface area contributed by atoms with Crippen molar-refractivity contribution in [3.63, 3.8) is 0 Å². The number of aliphatic imine (C=N–C) groups is 1. The predicted molar refractivity (Wildman–Crippen MR) is 78.5 cm³/mol. The number of allylic oxidation sites excluding steroid dienone is 1. The number of carbonyl (C=O) groups excluding carboxylic acids is 1. The number of unbranched alkanes of at least 4 members (excludes halogenated alkanes) is 4. The van der Waals surface area contributed by atoms with Crippen molar-refractivity contribution in [1.82, 2.24) is 0 Å². The molecule has 20 heavy (non-hydrogen) atoms. The van der Waals surface area contributed by atoms with Crippen LogP contribution in [0.1, 0.15) is 38.5 Å². The van der Waals surface area contributed by atoms with Crippen LogP contribution in [0.3, 0.4) is 0 Å². The van der Waals surface area contributed by atoms with E-state index in [1.165, 1.54) is 6.42 Å². The number of quaternary nitrogens is 1. The molecule has 0 saturated carbocycles. The van der Waals surface area contributed by atoms with Gasteiger partial charge >= 0.3 is 0 Å². The van der Waals surface area contributed by atoms with E-state index in [1.54, 1.807) is 6.20 Å². The molecule has 5 heteroatoms. The van der Waals surface area contributed by atoms with Gasteiger partial charge in [-0.1, -0.05) is 18.9 Å². The van der Waals surface area contributed by atoms with E-state index in [0.717, 1.165) is 37.9 Å². The van der Waals surface area contributed by atoms with E-state index in [4.69, 9.17) is 5.73 Å². The number of amidine groups is 1. The molecule has 1 atom stereocenters. The van der Waals surface area contributed by atoms with Crippen LogP contribution in [0.15, 0.2) is 30.0 Å².